The van der Waals surface area contributed by atoms with E-state index in [4.69, 9.17) is 4.98 Å². The van der Waals surface area contributed by atoms with E-state index in [0.717, 1.165) is 41.7 Å². The predicted molar refractivity (Wildman–Crippen MR) is 108 cm³/mol. The van der Waals surface area contributed by atoms with Gasteiger partial charge >= 0.3 is 0 Å². The van der Waals surface area contributed by atoms with E-state index in [0.29, 0.717) is 5.92 Å². The molecule has 0 radical (unpaired) electrons. The van der Waals surface area contributed by atoms with E-state index in [1.165, 1.54) is 16.3 Å². The molecule has 0 bridgehead atoms. The fourth-order valence-electron chi connectivity index (χ4n) is 4.80. The molecule has 0 saturated carbocycles. The standard InChI is InChI=1S/C24H26FN/c1-5-7-9-17-14-15(6-2)22(25)21-20(17)23-19-16(12-13-26-23)10-8-11-18(19)24(21,3)4/h5,7-8,10-13,17H,6,9,14H2,1-4H3. The van der Waals surface area contributed by atoms with Crippen LogP contribution in [0.3, 0.4) is 0 Å². The first-order valence-electron chi connectivity index (χ1n) is 9.63. The number of fused-ring (bicyclic) bond motifs is 1. The summed E-state index contributed by atoms with van der Waals surface area (Å²) >= 11 is 0. The Labute approximate surface area is 155 Å². The lowest BCUT2D eigenvalue weighted by atomic mass is 9.63. The molecule has 1 nitrogen and oxygen atoms in total. The van der Waals surface area contributed by atoms with Crippen LogP contribution in [0.15, 0.2) is 59.6 Å². The fraction of sp³-hybridized carbons (Fsp3) is 0.375. The Kier molecular flexibility index (Phi) is 4.10. The van der Waals surface area contributed by atoms with E-state index in [9.17, 15) is 0 Å². The van der Waals surface area contributed by atoms with Gasteiger partial charge in [-0.1, -0.05) is 51.1 Å². The van der Waals surface area contributed by atoms with Gasteiger partial charge in [-0.05, 0) is 60.3 Å². The molecule has 2 aliphatic rings. The van der Waals surface area contributed by atoms with Gasteiger partial charge in [-0.25, -0.2) is 4.39 Å². The summed E-state index contributed by atoms with van der Waals surface area (Å²) in [6.45, 7) is 8.44. The van der Waals surface area contributed by atoms with Gasteiger partial charge in [0.05, 0.1) is 5.69 Å². The minimum absolute atomic E-state index is 0.0116. The Morgan fingerprint density at radius 2 is 2.08 bits per heavy atom. The van der Waals surface area contributed by atoms with Crippen LogP contribution in [0.5, 0.6) is 0 Å². The number of rotatable bonds is 3. The number of pyridine rings is 1. The zero-order valence-corrected chi connectivity index (χ0v) is 16.1. The quantitative estimate of drug-likeness (QED) is 0.550. The van der Waals surface area contributed by atoms with Crippen molar-refractivity contribution in [1.29, 1.82) is 0 Å². The number of hydrogen-bond donors (Lipinski definition) is 0. The van der Waals surface area contributed by atoms with Crippen molar-refractivity contribution < 1.29 is 4.39 Å². The van der Waals surface area contributed by atoms with Crippen LogP contribution in [0.2, 0.25) is 0 Å². The second-order valence-corrected chi connectivity index (χ2v) is 7.95. The summed E-state index contributed by atoms with van der Waals surface area (Å²) in [5, 5.41) is 2.40. The molecule has 2 heteroatoms. The van der Waals surface area contributed by atoms with E-state index >= 15 is 4.39 Å². The molecule has 1 unspecified atom stereocenters. The van der Waals surface area contributed by atoms with E-state index in [-0.39, 0.29) is 11.2 Å². The highest BCUT2D eigenvalue weighted by Gasteiger charge is 2.43. The maximum atomic E-state index is 15.6. The van der Waals surface area contributed by atoms with Gasteiger partial charge in [0.2, 0.25) is 0 Å². The largest absolute Gasteiger partial charge is 0.256 e. The number of hydrogen-bond acceptors (Lipinski definition) is 1. The fourth-order valence-corrected chi connectivity index (χ4v) is 4.80. The summed E-state index contributed by atoms with van der Waals surface area (Å²) in [5.74, 6) is 0.305. The molecule has 0 N–H and O–H groups in total. The van der Waals surface area contributed by atoms with Gasteiger partial charge in [0, 0.05) is 22.6 Å². The Morgan fingerprint density at radius 3 is 2.81 bits per heavy atom. The monoisotopic (exact) mass is 347 g/mol. The third kappa shape index (κ3) is 2.31. The van der Waals surface area contributed by atoms with Crippen LogP contribution in [0.1, 0.15) is 58.2 Å². The summed E-state index contributed by atoms with van der Waals surface area (Å²) in [7, 11) is 0. The van der Waals surface area contributed by atoms with Gasteiger partial charge in [-0.3, -0.25) is 4.98 Å². The minimum Gasteiger partial charge on any atom is -0.256 e. The number of aromatic nitrogens is 1. The Bertz CT molecular complexity index is 970. The molecule has 26 heavy (non-hydrogen) atoms. The normalized spacial score (nSPS) is 21.7. The first-order chi connectivity index (χ1) is 12.5. The molecule has 134 valence electrons. The Morgan fingerprint density at radius 1 is 1.27 bits per heavy atom. The molecule has 4 rings (SSSR count). The highest BCUT2D eigenvalue weighted by Crippen LogP contribution is 2.55. The van der Waals surface area contributed by atoms with Crippen LogP contribution in [0.25, 0.3) is 16.3 Å². The molecular weight excluding hydrogens is 321 g/mol. The predicted octanol–water partition coefficient (Wildman–Crippen LogP) is 6.90. The molecule has 1 aromatic carbocycles. The van der Waals surface area contributed by atoms with Crippen LogP contribution in [0, 0.1) is 5.92 Å². The van der Waals surface area contributed by atoms with Crippen molar-refractivity contribution in [2.45, 2.75) is 52.4 Å². The van der Waals surface area contributed by atoms with Crippen LogP contribution in [0.4, 0.5) is 4.39 Å². The molecule has 0 spiro atoms. The van der Waals surface area contributed by atoms with E-state index < -0.39 is 0 Å². The van der Waals surface area contributed by atoms with E-state index in [1.54, 1.807) is 0 Å². The van der Waals surface area contributed by atoms with Crippen molar-refractivity contribution in [2.75, 3.05) is 0 Å². The molecular formula is C24H26FN. The van der Waals surface area contributed by atoms with Gasteiger partial charge in [-0.2, -0.15) is 0 Å². The van der Waals surface area contributed by atoms with Crippen LogP contribution >= 0.6 is 0 Å². The number of nitrogens with zero attached hydrogens (tertiary/aromatic N) is 1. The van der Waals surface area contributed by atoms with E-state index in [2.05, 4.69) is 57.2 Å². The summed E-state index contributed by atoms with van der Waals surface area (Å²) in [6.07, 6.45) is 8.67. The van der Waals surface area contributed by atoms with Crippen molar-refractivity contribution in [1.82, 2.24) is 4.98 Å². The topological polar surface area (TPSA) is 12.9 Å². The van der Waals surface area contributed by atoms with Crippen molar-refractivity contribution in [3.8, 4) is 0 Å². The number of halogens is 1. The lowest BCUT2D eigenvalue weighted by molar-refractivity contribution is 0.504. The van der Waals surface area contributed by atoms with Crippen molar-refractivity contribution in [2.24, 2.45) is 5.92 Å². The van der Waals surface area contributed by atoms with Gasteiger partial charge in [0.1, 0.15) is 5.83 Å². The van der Waals surface area contributed by atoms with Gasteiger partial charge < -0.3 is 0 Å². The molecule has 1 aromatic heterocycles. The first kappa shape index (κ1) is 17.2. The smallest absolute Gasteiger partial charge is 0.126 e. The first-order valence-corrected chi connectivity index (χ1v) is 9.63. The van der Waals surface area contributed by atoms with Gasteiger partial charge in [-0.15, -0.1) is 0 Å². The molecule has 2 aromatic rings. The molecule has 0 fully saturated rings. The van der Waals surface area contributed by atoms with Crippen molar-refractivity contribution in [3.05, 3.63) is 70.8 Å². The lowest BCUT2D eigenvalue weighted by Gasteiger charge is -2.41. The number of benzene rings is 1. The Balaban J connectivity index is 2.09. The van der Waals surface area contributed by atoms with Gasteiger partial charge in [0.15, 0.2) is 0 Å². The zero-order valence-electron chi connectivity index (χ0n) is 16.1. The summed E-state index contributed by atoms with van der Waals surface area (Å²) in [6, 6.07) is 8.43. The molecule has 1 heterocycles. The zero-order chi connectivity index (χ0) is 18.5. The highest BCUT2D eigenvalue weighted by atomic mass is 19.1. The van der Waals surface area contributed by atoms with Gasteiger partial charge in [0.25, 0.3) is 0 Å². The third-order valence-electron chi connectivity index (χ3n) is 6.13. The van der Waals surface area contributed by atoms with Crippen LogP contribution in [-0.2, 0) is 5.41 Å². The second kappa shape index (κ2) is 6.19. The minimum atomic E-state index is -0.357. The summed E-state index contributed by atoms with van der Waals surface area (Å²) in [5.41, 5.74) is 4.78. The number of allylic oxidation sites excluding steroid dienone is 6. The molecule has 1 atom stereocenters. The van der Waals surface area contributed by atoms with E-state index in [1.807, 2.05) is 13.1 Å². The maximum absolute atomic E-state index is 15.6. The molecule has 2 aliphatic carbocycles. The lowest BCUT2D eigenvalue weighted by Crippen LogP contribution is -2.31. The molecule has 0 amide bonds. The third-order valence-corrected chi connectivity index (χ3v) is 6.13. The average molecular weight is 347 g/mol. The van der Waals surface area contributed by atoms with Crippen LogP contribution < -0.4 is 0 Å². The highest BCUT2D eigenvalue weighted by molar-refractivity contribution is 6.00. The van der Waals surface area contributed by atoms with Crippen molar-refractivity contribution in [3.63, 3.8) is 0 Å². The van der Waals surface area contributed by atoms with Crippen LogP contribution in [-0.4, -0.2) is 4.98 Å². The summed E-state index contributed by atoms with van der Waals surface area (Å²) in [4.78, 5) is 4.76. The Hall–Kier alpha value is -2.22. The molecule has 0 saturated heterocycles. The summed E-state index contributed by atoms with van der Waals surface area (Å²) < 4.78 is 15.6. The molecule has 0 aliphatic heterocycles. The van der Waals surface area contributed by atoms with Crippen molar-refractivity contribution >= 4 is 16.3 Å². The SMILES string of the molecule is CC=CCC1CC(CC)=C(F)C2=C1c1nccc3cccc(c13)C2(C)C. The second-order valence-electron chi connectivity index (χ2n) is 7.95. The average Bonchev–Trinajstić information content (AvgIpc) is 2.64. The maximum Gasteiger partial charge on any atom is 0.126 e.